The summed E-state index contributed by atoms with van der Waals surface area (Å²) in [6, 6.07) is 7.01. The molecule has 15 nitrogen and oxygen atoms in total. The number of carbonyl (C=O) groups is 3. The lowest BCUT2D eigenvalue weighted by Gasteiger charge is -2.20. The van der Waals surface area contributed by atoms with Gasteiger partial charge in [0.2, 0.25) is 15.9 Å². The van der Waals surface area contributed by atoms with E-state index >= 15 is 0 Å². The molecule has 1 aliphatic rings. The number of fused-ring (bicyclic) bond motifs is 1. The summed E-state index contributed by atoms with van der Waals surface area (Å²) in [5.74, 6) is 0.0505. The lowest BCUT2D eigenvalue weighted by atomic mass is 10.1. The average Bonchev–Trinajstić information content (AvgIpc) is 3.42. The van der Waals surface area contributed by atoms with Crippen LogP contribution in [0.15, 0.2) is 40.2 Å². The summed E-state index contributed by atoms with van der Waals surface area (Å²) in [6.45, 7) is 5.60. The normalized spacial score (nSPS) is 13.7. The Balaban J connectivity index is 1.36. The first-order valence-electron chi connectivity index (χ1n) is 17.3. The highest BCUT2D eigenvalue weighted by Gasteiger charge is 2.29. The number of rotatable bonds is 18. The number of ether oxygens (including phenoxy) is 2. The number of hydrogen-bond donors (Lipinski definition) is 5. The number of sulfonamides is 1. The van der Waals surface area contributed by atoms with Crippen LogP contribution in [0.2, 0.25) is 0 Å². The first-order chi connectivity index (χ1) is 24.4. The first kappa shape index (κ1) is 39.2. The Bertz CT molecular complexity index is 1820. The van der Waals surface area contributed by atoms with E-state index in [2.05, 4.69) is 30.8 Å². The Morgan fingerprint density at radius 2 is 1.80 bits per heavy atom. The third-order valence-corrected chi connectivity index (χ3v) is 10.2. The maximum Gasteiger partial charge on any atom is 0.325 e. The fourth-order valence-corrected chi connectivity index (χ4v) is 7.62. The molecule has 1 aliphatic heterocycles. The van der Waals surface area contributed by atoms with Crippen molar-refractivity contribution >= 4 is 44.5 Å². The monoisotopic (exact) mass is 726 g/mol. The molecule has 2 amide bonds. The van der Waals surface area contributed by atoms with E-state index in [0.717, 1.165) is 68.3 Å². The highest BCUT2D eigenvalue weighted by molar-refractivity contribution is 7.89. The molecule has 0 spiro atoms. The third-order valence-electron chi connectivity index (χ3n) is 8.47. The summed E-state index contributed by atoms with van der Waals surface area (Å²) in [4.78, 5) is 42.2. The third kappa shape index (κ3) is 11.0. The number of methoxy groups -OCH3 is 1. The number of amidine groups is 1. The van der Waals surface area contributed by atoms with Gasteiger partial charge in [-0.3, -0.25) is 24.1 Å². The minimum atomic E-state index is -4.24. The van der Waals surface area contributed by atoms with E-state index in [9.17, 15) is 22.8 Å². The molecule has 0 bridgehead atoms. The summed E-state index contributed by atoms with van der Waals surface area (Å²) < 4.78 is 41.9. The zero-order valence-corrected chi connectivity index (χ0v) is 30.7. The number of benzene rings is 2. The van der Waals surface area contributed by atoms with Crippen LogP contribution in [0.1, 0.15) is 65.7 Å². The van der Waals surface area contributed by atoms with Crippen molar-refractivity contribution in [2.45, 2.75) is 69.7 Å². The maximum atomic E-state index is 13.6. The molecule has 1 atom stereocenters. The molecule has 0 fully saturated rings. The second kappa shape index (κ2) is 18.6. The van der Waals surface area contributed by atoms with Crippen LogP contribution in [0.5, 0.6) is 5.75 Å². The second-order valence-corrected chi connectivity index (χ2v) is 14.2. The summed E-state index contributed by atoms with van der Waals surface area (Å²) in [5, 5.41) is 14.4. The van der Waals surface area contributed by atoms with Gasteiger partial charge in [0.05, 0.1) is 35.7 Å². The standard InChI is InChI=1S/C35H50N8O7S/c1-23-19-26(50-18-8-11-32(44)39-17-14-36)20-24(2)33(23)51(47,48)42-29(35(46)49-4)22-40-34(45)25-12-13-27-28(41-43(3)30(27)21-25)9-7-16-38-31-10-5-6-15-37-31/h12-13,19-21,29,42H,5-11,14-18,22,36H2,1-4H3,(H,37,38)(H,39,44)(H,40,45). The van der Waals surface area contributed by atoms with Gasteiger partial charge in [0, 0.05) is 63.6 Å². The summed E-state index contributed by atoms with van der Waals surface area (Å²) in [6.07, 6.45) is 5.68. The predicted molar refractivity (Wildman–Crippen MR) is 194 cm³/mol. The zero-order chi connectivity index (χ0) is 37.0. The van der Waals surface area contributed by atoms with E-state index in [1.807, 2.05) is 13.1 Å². The molecule has 0 saturated heterocycles. The Morgan fingerprint density at radius 3 is 2.49 bits per heavy atom. The molecule has 1 unspecified atom stereocenters. The van der Waals surface area contributed by atoms with Gasteiger partial charge in [-0.1, -0.05) is 6.07 Å². The van der Waals surface area contributed by atoms with Crippen molar-refractivity contribution in [1.82, 2.24) is 30.5 Å². The lowest BCUT2D eigenvalue weighted by molar-refractivity contribution is -0.142. The van der Waals surface area contributed by atoms with Crippen LogP contribution in [0.25, 0.3) is 10.9 Å². The van der Waals surface area contributed by atoms with Crippen LogP contribution in [-0.4, -0.2) is 94.3 Å². The number of nitrogens with two attached hydrogens (primary N) is 1. The number of esters is 1. The predicted octanol–water partition coefficient (Wildman–Crippen LogP) is 1.78. The van der Waals surface area contributed by atoms with Gasteiger partial charge >= 0.3 is 5.97 Å². The molecule has 51 heavy (non-hydrogen) atoms. The van der Waals surface area contributed by atoms with Gasteiger partial charge in [0.25, 0.3) is 5.91 Å². The number of hydrogen-bond acceptors (Lipinski definition) is 11. The van der Waals surface area contributed by atoms with E-state index < -0.39 is 27.9 Å². The van der Waals surface area contributed by atoms with Gasteiger partial charge in [-0.25, -0.2) is 8.42 Å². The molecule has 2 heterocycles. The molecule has 4 rings (SSSR count). The maximum absolute atomic E-state index is 13.6. The molecule has 3 aromatic rings. The molecule has 278 valence electrons. The number of amides is 2. The van der Waals surface area contributed by atoms with Crippen molar-refractivity contribution in [3.8, 4) is 5.75 Å². The molecule has 1 aromatic heterocycles. The Labute approximate surface area is 299 Å². The van der Waals surface area contributed by atoms with E-state index in [1.54, 1.807) is 42.8 Å². The molecular weight excluding hydrogens is 677 g/mol. The summed E-state index contributed by atoms with van der Waals surface area (Å²) in [5.41, 5.74) is 8.22. The summed E-state index contributed by atoms with van der Waals surface area (Å²) >= 11 is 0. The van der Waals surface area contributed by atoms with Crippen molar-refractivity contribution in [3.63, 3.8) is 0 Å². The Hall–Kier alpha value is -4.54. The smallest absolute Gasteiger partial charge is 0.325 e. The van der Waals surface area contributed by atoms with Crippen LogP contribution in [0.4, 0.5) is 0 Å². The molecule has 0 radical (unpaired) electrons. The van der Waals surface area contributed by atoms with Crippen LogP contribution in [-0.2, 0) is 37.8 Å². The van der Waals surface area contributed by atoms with Crippen LogP contribution >= 0.6 is 0 Å². The van der Waals surface area contributed by atoms with Crippen molar-refractivity contribution < 1.29 is 32.3 Å². The SMILES string of the molecule is COC(=O)C(CNC(=O)c1ccc2c(CCCNC3=NCCCC3)nn(C)c2c1)NS(=O)(=O)c1c(C)cc(OCCCC(=O)NCCN)cc1C. The number of aliphatic imine (C=N–C) groups is 1. The molecule has 6 N–H and O–H groups in total. The van der Waals surface area contributed by atoms with E-state index in [1.165, 1.54) is 6.42 Å². The van der Waals surface area contributed by atoms with Gasteiger partial charge in [-0.15, -0.1) is 0 Å². The van der Waals surface area contributed by atoms with Gasteiger partial charge in [0.1, 0.15) is 11.8 Å². The van der Waals surface area contributed by atoms with E-state index in [0.29, 0.717) is 42.0 Å². The van der Waals surface area contributed by atoms with Gasteiger partial charge in [0.15, 0.2) is 0 Å². The summed E-state index contributed by atoms with van der Waals surface area (Å²) in [7, 11) is -1.28. The number of carbonyl (C=O) groups excluding carboxylic acids is 3. The number of nitrogens with zero attached hydrogens (tertiary/aromatic N) is 3. The average molecular weight is 727 g/mol. The van der Waals surface area contributed by atoms with E-state index in [-0.39, 0.29) is 30.4 Å². The van der Waals surface area contributed by atoms with Crippen molar-refractivity contribution in [3.05, 3.63) is 52.7 Å². The minimum Gasteiger partial charge on any atom is -0.494 e. The van der Waals surface area contributed by atoms with Crippen LogP contribution in [0, 0.1) is 13.8 Å². The van der Waals surface area contributed by atoms with Crippen molar-refractivity contribution in [1.29, 1.82) is 0 Å². The number of aryl methyl sites for hydroxylation is 4. The van der Waals surface area contributed by atoms with Gasteiger partial charge in [-0.05, 0) is 81.3 Å². The fraction of sp³-hybridized carbons (Fsp3) is 0.514. The zero-order valence-electron chi connectivity index (χ0n) is 29.8. The largest absolute Gasteiger partial charge is 0.494 e. The van der Waals surface area contributed by atoms with Gasteiger partial charge in [-0.2, -0.15) is 9.82 Å². The lowest BCUT2D eigenvalue weighted by Crippen LogP contribution is -2.49. The number of aromatic nitrogens is 2. The van der Waals surface area contributed by atoms with Crippen molar-refractivity contribution in [2.24, 2.45) is 17.8 Å². The first-order valence-corrected chi connectivity index (χ1v) is 18.7. The van der Waals surface area contributed by atoms with E-state index in [4.69, 9.17) is 15.2 Å². The molecule has 0 saturated carbocycles. The minimum absolute atomic E-state index is 0.0211. The highest BCUT2D eigenvalue weighted by Crippen LogP contribution is 2.26. The number of nitrogens with one attached hydrogen (secondary N) is 4. The molecule has 0 aliphatic carbocycles. The quantitative estimate of drug-likeness (QED) is 0.0948. The molecule has 16 heteroatoms. The highest BCUT2D eigenvalue weighted by atomic mass is 32.2. The topological polar surface area (TPSA) is 208 Å². The Morgan fingerprint density at radius 1 is 1.04 bits per heavy atom. The molecule has 2 aromatic carbocycles. The Kier molecular flexibility index (Phi) is 14.3. The van der Waals surface area contributed by atoms with Crippen molar-refractivity contribution in [2.75, 3.05) is 46.4 Å². The second-order valence-electron chi connectivity index (χ2n) is 12.5. The fourth-order valence-electron chi connectivity index (χ4n) is 5.99. The van der Waals surface area contributed by atoms with Crippen LogP contribution in [0.3, 0.4) is 0 Å². The van der Waals surface area contributed by atoms with Gasteiger partial charge < -0.3 is 31.2 Å². The molecular formula is C35H50N8O7S. The van der Waals surface area contributed by atoms with Crippen LogP contribution < -0.4 is 31.1 Å².